The van der Waals surface area contributed by atoms with Gasteiger partial charge in [-0.05, 0) is 0 Å². The number of nitrogens with one attached hydrogen (secondary N) is 1. The van der Waals surface area contributed by atoms with Gasteiger partial charge in [0.15, 0.2) is 0 Å². The van der Waals surface area contributed by atoms with Crippen LogP contribution >= 0.6 is 0 Å². The fraction of sp³-hybridized carbons (Fsp3) is 0.800. The number of hydrogen-bond donors (Lipinski definition) is 3. The van der Waals surface area contributed by atoms with Crippen LogP contribution in [-0.4, -0.2) is 47.1 Å². The molecule has 1 fully saturated rings. The van der Waals surface area contributed by atoms with E-state index in [2.05, 4.69) is 5.32 Å². The van der Waals surface area contributed by atoms with Crippen molar-refractivity contribution in [3.63, 3.8) is 0 Å². The molecule has 0 aromatic heterocycles. The maximum absolute atomic E-state index is 10.3. The molecule has 3 N–H and O–H groups in total. The molecule has 10 heavy (non-hydrogen) atoms. The number of piperazine rings is 1. The van der Waals surface area contributed by atoms with E-state index in [0.29, 0.717) is 19.6 Å². The second-order valence-electron chi connectivity index (χ2n) is 2.16. The summed E-state index contributed by atoms with van der Waals surface area (Å²) in [4.78, 5) is 11.3. The van der Waals surface area contributed by atoms with Gasteiger partial charge < -0.3 is 15.5 Å². The Morgan fingerprint density at radius 1 is 1.70 bits per heavy atom. The van der Waals surface area contributed by atoms with Gasteiger partial charge in [0.2, 0.25) is 0 Å². The van der Waals surface area contributed by atoms with E-state index < -0.39 is 12.3 Å². The third kappa shape index (κ3) is 1.37. The summed E-state index contributed by atoms with van der Waals surface area (Å²) in [7, 11) is 0. The van der Waals surface area contributed by atoms with Gasteiger partial charge in [-0.15, -0.1) is 0 Å². The highest BCUT2D eigenvalue weighted by molar-refractivity contribution is 5.65. The summed E-state index contributed by atoms with van der Waals surface area (Å²) >= 11 is 0. The molecule has 1 heterocycles. The predicted octanol–water partition coefficient (Wildman–Crippen LogP) is -1.11. The van der Waals surface area contributed by atoms with E-state index >= 15 is 0 Å². The Kier molecular flexibility index (Phi) is 2.08. The molecule has 0 spiro atoms. The number of carboxylic acid groups (broad SMARTS) is 1. The molecule has 58 valence electrons. The largest absolute Gasteiger partial charge is 0.465 e. The fourth-order valence-corrected chi connectivity index (χ4v) is 0.913. The molecular weight excluding hydrogens is 136 g/mol. The maximum Gasteiger partial charge on any atom is 0.409 e. The van der Waals surface area contributed by atoms with Gasteiger partial charge in [0, 0.05) is 19.6 Å². The zero-order chi connectivity index (χ0) is 7.56. The van der Waals surface area contributed by atoms with E-state index in [1.165, 1.54) is 0 Å². The molecule has 0 saturated carbocycles. The van der Waals surface area contributed by atoms with E-state index in [1.54, 1.807) is 0 Å². The predicted molar refractivity (Wildman–Crippen MR) is 33.6 cm³/mol. The Labute approximate surface area is 58.3 Å². The molecule has 0 aromatic rings. The Balaban J connectivity index is 2.47. The molecule has 0 aliphatic carbocycles. The highest BCUT2D eigenvalue weighted by Crippen LogP contribution is 1.98. The summed E-state index contributed by atoms with van der Waals surface area (Å²) in [6.07, 6.45) is -1.94. The number of amides is 1. The zero-order valence-corrected chi connectivity index (χ0v) is 5.45. The molecule has 0 bridgehead atoms. The second-order valence-corrected chi connectivity index (χ2v) is 2.16. The molecule has 1 unspecified atom stereocenters. The van der Waals surface area contributed by atoms with Crippen molar-refractivity contribution in [2.24, 2.45) is 0 Å². The van der Waals surface area contributed by atoms with Crippen LogP contribution in [0.15, 0.2) is 0 Å². The molecule has 1 rings (SSSR count). The van der Waals surface area contributed by atoms with Gasteiger partial charge in [-0.1, -0.05) is 0 Å². The molecule has 0 radical (unpaired) electrons. The van der Waals surface area contributed by atoms with Gasteiger partial charge in [-0.2, -0.15) is 0 Å². The van der Waals surface area contributed by atoms with Crippen LogP contribution in [0.2, 0.25) is 0 Å². The minimum absolute atomic E-state index is 0.326. The highest BCUT2D eigenvalue weighted by atomic mass is 16.4. The molecule has 1 aliphatic rings. The third-order valence-corrected chi connectivity index (χ3v) is 1.46. The van der Waals surface area contributed by atoms with Crippen LogP contribution in [-0.2, 0) is 0 Å². The van der Waals surface area contributed by atoms with Gasteiger partial charge in [0.25, 0.3) is 0 Å². The molecular formula is C5H10N2O3. The Bertz CT molecular complexity index is 139. The Morgan fingerprint density at radius 3 is 2.80 bits per heavy atom. The molecule has 1 amide bonds. The first-order valence-electron chi connectivity index (χ1n) is 3.10. The minimum Gasteiger partial charge on any atom is -0.465 e. The summed E-state index contributed by atoms with van der Waals surface area (Å²) in [5, 5.41) is 20.3. The number of carbonyl (C=O) groups is 1. The standard InChI is InChI=1S/C5H10N2O3/c8-4-3-6-1-2-7(4)5(9)10/h4,6,8H,1-3H2,(H,9,10). The summed E-state index contributed by atoms with van der Waals surface area (Å²) in [6.45, 7) is 1.30. The van der Waals surface area contributed by atoms with Crippen molar-refractivity contribution >= 4 is 6.09 Å². The fourth-order valence-electron chi connectivity index (χ4n) is 0.913. The van der Waals surface area contributed by atoms with Crippen LogP contribution in [0.5, 0.6) is 0 Å². The van der Waals surface area contributed by atoms with Gasteiger partial charge in [0.05, 0.1) is 0 Å². The van der Waals surface area contributed by atoms with Crippen LogP contribution in [0.3, 0.4) is 0 Å². The van der Waals surface area contributed by atoms with E-state index in [4.69, 9.17) is 10.2 Å². The van der Waals surface area contributed by atoms with Crippen molar-refractivity contribution in [1.82, 2.24) is 10.2 Å². The van der Waals surface area contributed by atoms with Crippen LogP contribution in [0.1, 0.15) is 0 Å². The third-order valence-electron chi connectivity index (χ3n) is 1.46. The number of rotatable bonds is 0. The molecule has 5 heteroatoms. The number of β-amino-alcohol motifs (C(OH)–C–C–N with tert-alkyl or cyclic N) is 1. The number of nitrogens with zero attached hydrogens (tertiary/aromatic N) is 1. The lowest BCUT2D eigenvalue weighted by atomic mass is 10.3. The van der Waals surface area contributed by atoms with Crippen LogP contribution < -0.4 is 5.32 Å². The van der Waals surface area contributed by atoms with E-state index in [9.17, 15) is 4.79 Å². The van der Waals surface area contributed by atoms with Gasteiger partial charge in [0.1, 0.15) is 6.23 Å². The minimum atomic E-state index is -1.06. The SMILES string of the molecule is O=C(O)N1CCNCC1O. The van der Waals surface area contributed by atoms with E-state index in [-0.39, 0.29) is 0 Å². The molecule has 5 nitrogen and oxygen atoms in total. The lowest BCUT2D eigenvalue weighted by molar-refractivity contribution is -0.00158. The topological polar surface area (TPSA) is 72.8 Å². The normalized spacial score (nSPS) is 26.5. The maximum atomic E-state index is 10.3. The zero-order valence-electron chi connectivity index (χ0n) is 5.45. The summed E-state index contributed by atoms with van der Waals surface area (Å²) in [5.74, 6) is 0. The smallest absolute Gasteiger partial charge is 0.409 e. The Morgan fingerprint density at radius 2 is 2.40 bits per heavy atom. The first kappa shape index (κ1) is 7.30. The van der Waals surface area contributed by atoms with Gasteiger partial charge >= 0.3 is 6.09 Å². The lowest BCUT2D eigenvalue weighted by Crippen LogP contribution is -2.53. The average Bonchev–Trinajstić information content (AvgIpc) is 1.88. The van der Waals surface area contributed by atoms with Crippen molar-refractivity contribution < 1.29 is 15.0 Å². The second kappa shape index (κ2) is 2.85. The highest BCUT2D eigenvalue weighted by Gasteiger charge is 2.23. The van der Waals surface area contributed by atoms with Gasteiger partial charge in [-0.25, -0.2) is 4.79 Å². The summed E-state index contributed by atoms with van der Waals surface area (Å²) < 4.78 is 0. The monoisotopic (exact) mass is 146 g/mol. The van der Waals surface area contributed by atoms with Crippen molar-refractivity contribution in [1.29, 1.82) is 0 Å². The number of hydrogen-bond acceptors (Lipinski definition) is 3. The molecule has 1 atom stereocenters. The van der Waals surface area contributed by atoms with Gasteiger partial charge in [-0.3, -0.25) is 4.90 Å². The molecule has 1 saturated heterocycles. The molecule has 0 aromatic carbocycles. The van der Waals surface area contributed by atoms with Crippen molar-refractivity contribution in [2.75, 3.05) is 19.6 Å². The number of aliphatic hydroxyl groups is 1. The number of aliphatic hydroxyl groups excluding tert-OH is 1. The summed E-state index contributed by atoms with van der Waals surface area (Å²) in [5.41, 5.74) is 0. The lowest BCUT2D eigenvalue weighted by Gasteiger charge is -2.29. The van der Waals surface area contributed by atoms with Crippen molar-refractivity contribution in [3.8, 4) is 0 Å². The van der Waals surface area contributed by atoms with Crippen LogP contribution in [0.4, 0.5) is 4.79 Å². The van der Waals surface area contributed by atoms with E-state index in [1.807, 2.05) is 0 Å². The van der Waals surface area contributed by atoms with E-state index in [0.717, 1.165) is 4.90 Å². The van der Waals surface area contributed by atoms with Crippen LogP contribution in [0, 0.1) is 0 Å². The first-order chi connectivity index (χ1) is 4.72. The van der Waals surface area contributed by atoms with Crippen LogP contribution in [0.25, 0.3) is 0 Å². The van der Waals surface area contributed by atoms with Crippen molar-refractivity contribution in [2.45, 2.75) is 6.23 Å². The average molecular weight is 146 g/mol. The summed E-state index contributed by atoms with van der Waals surface area (Å²) in [6, 6.07) is 0. The quantitative estimate of drug-likeness (QED) is 0.405. The Hall–Kier alpha value is -0.810. The van der Waals surface area contributed by atoms with Crippen molar-refractivity contribution in [3.05, 3.63) is 0 Å². The molecule has 1 aliphatic heterocycles. The first-order valence-corrected chi connectivity index (χ1v) is 3.10.